The predicted molar refractivity (Wildman–Crippen MR) is 105 cm³/mol. The van der Waals surface area contributed by atoms with Crippen molar-refractivity contribution in [1.82, 2.24) is 15.0 Å². The number of halogens is 1. The van der Waals surface area contributed by atoms with Gasteiger partial charge in [-0.25, -0.2) is 9.97 Å². The molecule has 0 N–H and O–H groups in total. The number of thiophene rings is 1. The molecule has 3 aromatic rings. The quantitative estimate of drug-likeness (QED) is 0.665. The molecule has 4 heterocycles. The lowest BCUT2D eigenvalue weighted by molar-refractivity contribution is 0.0418. The van der Waals surface area contributed by atoms with Gasteiger partial charge in [0.25, 0.3) is 0 Å². The monoisotopic (exact) mass is 386 g/mol. The van der Waals surface area contributed by atoms with E-state index in [0.717, 1.165) is 51.6 Å². The zero-order valence-corrected chi connectivity index (χ0v) is 16.0. The second-order valence-corrected chi connectivity index (χ2v) is 7.82. The molecule has 0 radical (unpaired) electrons. The Balaban J connectivity index is 1.64. The number of hydrogen-bond donors (Lipinski definition) is 0. The molecule has 0 amide bonds. The molecule has 0 aromatic carbocycles. The molecule has 26 heavy (non-hydrogen) atoms. The maximum atomic E-state index is 6.08. The second-order valence-electron chi connectivity index (χ2n) is 6.08. The van der Waals surface area contributed by atoms with Crippen molar-refractivity contribution in [3.8, 4) is 11.4 Å². The fraction of sp³-hybridized carbons (Fsp3) is 0.316. The molecule has 4 rings (SSSR count). The molecule has 1 saturated heterocycles. The Morgan fingerprint density at radius 1 is 1.23 bits per heavy atom. The maximum absolute atomic E-state index is 6.08. The lowest BCUT2D eigenvalue weighted by Gasteiger charge is -2.33. The van der Waals surface area contributed by atoms with E-state index in [1.165, 1.54) is 0 Å². The number of nitrogens with zero attached hydrogens (tertiary/aromatic N) is 4. The lowest BCUT2D eigenvalue weighted by atomic mass is 10.2. The average molecular weight is 387 g/mol. The van der Waals surface area contributed by atoms with Gasteiger partial charge in [0.1, 0.15) is 11.9 Å². The molecular weight excluding hydrogens is 368 g/mol. The van der Waals surface area contributed by atoms with Crippen LogP contribution in [0.1, 0.15) is 23.6 Å². The number of morpholine rings is 1. The number of aryl methyl sites for hydroxylation is 1. The molecule has 0 unspecified atom stereocenters. The third-order valence-corrected chi connectivity index (χ3v) is 5.69. The predicted octanol–water partition coefficient (Wildman–Crippen LogP) is 4.39. The van der Waals surface area contributed by atoms with Crippen molar-refractivity contribution >= 4 is 28.8 Å². The van der Waals surface area contributed by atoms with Gasteiger partial charge in [-0.2, -0.15) is 0 Å². The summed E-state index contributed by atoms with van der Waals surface area (Å²) in [5, 5.41) is 0. The second kappa shape index (κ2) is 7.70. The van der Waals surface area contributed by atoms with E-state index in [0.29, 0.717) is 6.61 Å². The summed E-state index contributed by atoms with van der Waals surface area (Å²) in [4.78, 5) is 17.0. The van der Waals surface area contributed by atoms with Crippen LogP contribution in [-0.4, -0.2) is 34.6 Å². The molecule has 0 aliphatic carbocycles. The first-order chi connectivity index (χ1) is 12.7. The number of hydrogen-bond acceptors (Lipinski definition) is 6. The molecule has 0 bridgehead atoms. The Bertz CT molecular complexity index is 886. The number of anilines is 1. The van der Waals surface area contributed by atoms with E-state index in [9.17, 15) is 0 Å². The van der Waals surface area contributed by atoms with Crippen LogP contribution in [0.25, 0.3) is 11.4 Å². The highest BCUT2D eigenvalue weighted by Crippen LogP contribution is 2.32. The minimum absolute atomic E-state index is 0.0191. The third kappa shape index (κ3) is 3.72. The van der Waals surface area contributed by atoms with Crippen LogP contribution in [0.4, 0.5) is 5.82 Å². The Hall–Kier alpha value is -2.02. The van der Waals surface area contributed by atoms with Crippen LogP contribution in [0.2, 0.25) is 4.34 Å². The van der Waals surface area contributed by atoms with E-state index >= 15 is 0 Å². The fourth-order valence-corrected chi connectivity index (χ4v) is 4.09. The highest BCUT2D eigenvalue weighted by molar-refractivity contribution is 7.16. The summed E-state index contributed by atoms with van der Waals surface area (Å²) in [7, 11) is 0. The molecule has 3 aromatic heterocycles. The number of pyridine rings is 1. The first kappa shape index (κ1) is 17.4. The van der Waals surface area contributed by atoms with E-state index in [-0.39, 0.29) is 6.10 Å². The summed E-state index contributed by atoms with van der Waals surface area (Å²) < 4.78 is 6.75. The third-order valence-electron chi connectivity index (χ3n) is 4.37. The van der Waals surface area contributed by atoms with Gasteiger partial charge < -0.3 is 9.64 Å². The van der Waals surface area contributed by atoms with Gasteiger partial charge in [-0.15, -0.1) is 11.3 Å². The molecule has 1 atom stereocenters. The lowest BCUT2D eigenvalue weighted by Crippen LogP contribution is -2.38. The highest BCUT2D eigenvalue weighted by Gasteiger charge is 2.25. The van der Waals surface area contributed by atoms with Gasteiger partial charge >= 0.3 is 0 Å². The van der Waals surface area contributed by atoms with Gasteiger partial charge in [0.05, 0.1) is 17.5 Å². The van der Waals surface area contributed by atoms with Gasteiger partial charge in [-0.3, -0.25) is 4.98 Å². The molecule has 1 aliphatic heterocycles. The topological polar surface area (TPSA) is 51.1 Å². The van der Waals surface area contributed by atoms with Gasteiger partial charge in [0.2, 0.25) is 0 Å². The van der Waals surface area contributed by atoms with Gasteiger partial charge in [-0.05, 0) is 30.7 Å². The molecular formula is C19H19ClN4OS. The first-order valence-corrected chi connectivity index (χ1v) is 9.82. The number of aromatic nitrogens is 3. The molecule has 134 valence electrons. The van der Waals surface area contributed by atoms with E-state index in [2.05, 4.69) is 27.9 Å². The zero-order valence-electron chi connectivity index (χ0n) is 14.4. The largest absolute Gasteiger partial charge is 0.369 e. The summed E-state index contributed by atoms with van der Waals surface area (Å²) in [6.45, 7) is 4.34. The number of ether oxygens (including phenoxy) is 1. The molecule has 1 aliphatic rings. The van der Waals surface area contributed by atoms with Crippen LogP contribution >= 0.6 is 22.9 Å². The summed E-state index contributed by atoms with van der Waals surface area (Å²) in [5.74, 6) is 1.68. The Morgan fingerprint density at radius 3 is 2.81 bits per heavy atom. The maximum Gasteiger partial charge on any atom is 0.161 e. The average Bonchev–Trinajstić information content (AvgIpc) is 3.15. The summed E-state index contributed by atoms with van der Waals surface area (Å²) >= 11 is 7.66. The van der Waals surface area contributed by atoms with Crippen molar-refractivity contribution in [3.63, 3.8) is 0 Å². The standard InChI is InChI=1S/C19H19ClN4OS/c1-2-14-11-18(23-19(22-14)13-5-7-21-8-6-13)24-9-10-25-15(12-24)16-3-4-17(20)26-16/h3-8,11,15H,2,9-10,12H2,1H3/t15-/m0/s1. The molecule has 5 nitrogen and oxygen atoms in total. The van der Waals surface area contributed by atoms with E-state index in [4.69, 9.17) is 21.3 Å². The van der Waals surface area contributed by atoms with Gasteiger partial charge in [0.15, 0.2) is 5.82 Å². The van der Waals surface area contributed by atoms with Crippen molar-refractivity contribution < 1.29 is 4.74 Å². The molecule has 1 fully saturated rings. The van der Waals surface area contributed by atoms with Gasteiger partial charge in [0, 0.05) is 41.1 Å². The zero-order chi connectivity index (χ0) is 17.9. The Morgan fingerprint density at radius 2 is 2.08 bits per heavy atom. The van der Waals surface area contributed by atoms with E-state index in [1.54, 1.807) is 23.7 Å². The van der Waals surface area contributed by atoms with Crippen LogP contribution in [0, 0.1) is 0 Å². The highest BCUT2D eigenvalue weighted by atomic mass is 35.5. The Kier molecular flexibility index (Phi) is 5.15. The Labute approximate surface area is 161 Å². The summed E-state index contributed by atoms with van der Waals surface area (Å²) in [5.41, 5.74) is 2.01. The summed E-state index contributed by atoms with van der Waals surface area (Å²) in [6.07, 6.45) is 4.41. The van der Waals surface area contributed by atoms with Crippen LogP contribution in [0.3, 0.4) is 0 Å². The van der Waals surface area contributed by atoms with Crippen LogP contribution in [0.5, 0.6) is 0 Å². The number of rotatable bonds is 4. The van der Waals surface area contributed by atoms with Crippen molar-refractivity contribution in [2.45, 2.75) is 19.4 Å². The minimum atomic E-state index is 0.0191. The molecule has 0 spiro atoms. The van der Waals surface area contributed by atoms with Crippen molar-refractivity contribution in [1.29, 1.82) is 0 Å². The van der Waals surface area contributed by atoms with E-state index in [1.807, 2.05) is 24.3 Å². The normalized spacial score (nSPS) is 17.5. The van der Waals surface area contributed by atoms with E-state index < -0.39 is 0 Å². The smallest absolute Gasteiger partial charge is 0.161 e. The van der Waals surface area contributed by atoms with Crippen molar-refractivity contribution in [2.24, 2.45) is 0 Å². The SMILES string of the molecule is CCc1cc(N2CCO[C@H](c3ccc(Cl)s3)C2)nc(-c2ccncc2)n1. The molecule has 0 saturated carbocycles. The summed E-state index contributed by atoms with van der Waals surface area (Å²) in [6, 6.07) is 9.92. The van der Waals surface area contributed by atoms with Crippen LogP contribution in [0.15, 0.2) is 42.7 Å². The van der Waals surface area contributed by atoms with Crippen LogP contribution in [-0.2, 0) is 11.2 Å². The minimum Gasteiger partial charge on any atom is -0.369 e. The fourth-order valence-electron chi connectivity index (χ4n) is 2.99. The molecule has 7 heteroatoms. The van der Waals surface area contributed by atoms with Crippen LogP contribution < -0.4 is 4.90 Å². The van der Waals surface area contributed by atoms with Crippen molar-refractivity contribution in [2.75, 3.05) is 24.6 Å². The van der Waals surface area contributed by atoms with Gasteiger partial charge in [-0.1, -0.05) is 18.5 Å². The first-order valence-electron chi connectivity index (χ1n) is 8.63. The van der Waals surface area contributed by atoms with Crippen molar-refractivity contribution in [3.05, 3.63) is 57.6 Å².